The Labute approximate surface area is 100 Å². The second-order valence-electron chi connectivity index (χ2n) is 2.77. The molecule has 2 rings (SSSR count). The molecule has 15 heavy (non-hydrogen) atoms. The van der Waals surface area contributed by atoms with E-state index in [1.165, 1.54) is 4.52 Å². The predicted octanol–water partition coefficient (Wildman–Crippen LogP) is 1.12. The van der Waals surface area contributed by atoms with Gasteiger partial charge in [-0.15, -0.1) is 0 Å². The first-order valence-corrected chi connectivity index (χ1v) is 5.05. The van der Waals surface area contributed by atoms with Crippen LogP contribution in [-0.4, -0.2) is 10.1 Å². The van der Waals surface area contributed by atoms with E-state index in [1.807, 2.05) is 0 Å². The van der Waals surface area contributed by atoms with E-state index in [1.54, 1.807) is 24.4 Å². The number of hydrogen-bond donors (Lipinski definition) is 0. The van der Waals surface area contributed by atoms with Crippen LogP contribution >= 0.6 is 34.8 Å². The number of aromatic nitrogens is 3. The maximum absolute atomic E-state index is 11.5. The highest BCUT2D eigenvalue weighted by Gasteiger charge is 2.30. The molecule has 2 aromatic heterocycles. The van der Waals surface area contributed by atoms with Crippen molar-refractivity contribution in [1.29, 1.82) is 0 Å². The molecular formula is C8H4Cl3N3O. The Morgan fingerprint density at radius 2 is 2.00 bits per heavy atom. The monoisotopic (exact) mass is 263 g/mol. The number of fused-ring (bicyclic) bond motifs is 1. The summed E-state index contributed by atoms with van der Waals surface area (Å²) >= 11 is 16.8. The molecule has 78 valence electrons. The van der Waals surface area contributed by atoms with Crippen molar-refractivity contribution in [2.45, 2.75) is 3.79 Å². The topological polar surface area (TPSA) is 52.9 Å². The van der Waals surface area contributed by atoms with Crippen molar-refractivity contribution in [3.8, 4) is 5.88 Å². The lowest BCUT2D eigenvalue weighted by Crippen LogP contribution is -2.31. The molecule has 0 atom stereocenters. The molecule has 0 aliphatic heterocycles. The van der Waals surface area contributed by atoms with E-state index in [0.29, 0.717) is 5.52 Å². The number of rotatable bonds is 0. The van der Waals surface area contributed by atoms with Gasteiger partial charge in [-0.05, 0) is 10.6 Å². The minimum atomic E-state index is -1.80. The maximum Gasteiger partial charge on any atom is 0.256 e. The Bertz CT molecular complexity index is 512. The Morgan fingerprint density at radius 1 is 1.27 bits per heavy atom. The average molecular weight is 264 g/mol. The van der Waals surface area contributed by atoms with Gasteiger partial charge in [0.2, 0.25) is 17.5 Å². The summed E-state index contributed by atoms with van der Waals surface area (Å²) in [6, 6.07) is 5.00. The van der Waals surface area contributed by atoms with Crippen molar-refractivity contribution in [2.24, 2.45) is 0 Å². The summed E-state index contributed by atoms with van der Waals surface area (Å²) < 4.78 is -0.469. The minimum Gasteiger partial charge on any atom is -0.854 e. The van der Waals surface area contributed by atoms with Crippen molar-refractivity contribution in [3.63, 3.8) is 0 Å². The number of halogens is 3. The molecule has 0 aromatic carbocycles. The quantitative estimate of drug-likeness (QED) is 0.529. The fraction of sp³-hybridized carbons (Fsp3) is 0.125. The number of pyridine rings is 1. The first-order chi connectivity index (χ1) is 6.98. The molecule has 4 nitrogen and oxygen atoms in total. The van der Waals surface area contributed by atoms with Gasteiger partial charge in [0.25, 0.3) is 3.79 Å². The van der Waals surface area contributed by atoms with Crippen molar-refractivity contribution in [2.75, 3.05) is 0 Å². The second kappa shape index (κ2) is 3.63. The van der Waals surface area contributed by atoms with Gasteiger partial charge < -0.3 is 5.11 Å². The van der Waals surface area contributed by atoms with Gasteiger partial charge in [0.1, 0.15) is 0 Å². The van der Waals surface area contributed by atoms with Crippen molar-refractivity contribution in [3.05, 3.63) is 30.2 Å². The van der Waals surface area contributed by atoms with Crippen molar-refractivity contribution < 1.29 is 9.62 Å². The summed E-state index contributed by atoms with van der Waals surface area (Å²) in [5.41, 5.74) is 0.329. The van der Waals surface area contributed by atoms with Gasteiger partial charge in [-0.3, -0.25) is 0 Å². The largest absolute Gasteiger partial charge is 0.854 e. The normalized spacial score (nSPS) is 11.9. The van der Waals surface area contributed by atoms with E-state index in [4.69, 9.17) is 34.8 Å². The Balaban J connectivity index is 2.73. The van der Waals surface area contributed by atoms with Crippen LogP contribution in [-0.2, 0) is 3.79 Å². The van der Waals surface area contributed by atoms with Crippen LogP contribution in [0.4, 0.5) is 0 Å². The molecule has 0 amide bonds. The predicted molar refractivity (Wildman–Crippen MR) is 53.9 cm³/mol. The van der Waals surface area contributed by atoms with Crippen LogP contribution in [0.2, 0.25) is 0 Å². The third-order valence-electron chi connectivity index (χ3n) is 1.72. The van der Waals surface area contributed by atoms with Crippen LogP contribution < -0.4 is 9.62 Å². The van der Waals surface area contributed by atoms with Crippen molar-refractivity contribution in [1.82, 2.24) is 10.1 Å². The second-order valence-corrected chi connectivity index (χ2v) is 5.05. The molecule has 0 N–H and O–H groups in total. The molecule has 7 heteroatoms. The molecule has 0 aliphatic rings. The standard InChI is InChI=1S/C8H4Cl3N3O/c9-8(10,11)7-12-6(15)5-3-1-2-4-14(5)13-7/h1-4H. The molecule has 2 aromatic rings. The van der Waals surface area contributed by atoms with Gasteiger partial charge in [-0.1, -0.05) is 34.8 Å². The van der Waals surface area contributed by atoms with Crippen LogP contribution in [0.5, 0.6) is 5.88 Å². The lowest BCUT2D eigenvalue weighted by atomic mass is 10.4. The summed E-state index contributed by atoms with van der Waals surface area (Å²) in [6.07, 6.45) is 1.58. The van der Waals surface area contributed by atoms with E-state index in [-0.39, 0.29) is 5.82 Å². The zero-order chi connectivity index (χ0) is 11.1. The van der Waals surface area contributed by atoms with Crippen LogP contribution in [0.25, 0.3) is 5.52 Å². The first kappa shape index (κ1) is 10.7. The molecule has 0 bridgehead atoms. The fourth-order valence-electron chi connectivity index (χ4n) is 1.09. The lowest BCUT2D eigenvalue weighted by Gasteiger charge is -2.09. The molecule has 0 fully saturated rings. The van der Waals surface area contributed by atoms with E-state index < -0.39 is 9.67 Å². The molecule has 0 saturated heterocycles. The number of nitrogens with zero attached hydrogens (tertiary/aromatic N) is 3. The first-order valence-electron chi connectivity index (χ1n) is 3.91. The number of hydrogen-bond acceptors (Lipinski definition) is 3. The molecule has 0 spiro atoms. The minimum absolute atomic E-state index is 0.138. The smallest absolute Gasteiger partial charge is 0.256 e. The fourth-order valence-corrected chi connectivity index (χ4v) is 1.33. The Kier molecular flexibility index (Phi) is 2.58. The average Bonchev–Trinajstić information content (AvgIpc) is 2.16. The summed E-state index contributed by atoms with van der Waals surface area (Å²) in [5.74, 6) is -0.617. The van der Waals surface area contributed by atoms with Crippen molar-refractivity contribution >= 4 is 40.3 Å². The van der Waals surface area contributed by atoms with Crippen LogP contribution in [0.1, 0.15) is 5.82 Å². The molecule has 2 heterocycles. The van der Waals surface area contributed by atoms with Crippen LogP contribution in [0.3, 0.4) is 0 Å². The zero-order valence-electron chi connectivity index (χ0n) is 7.19. The molecule has 0 unspecified atom stereocenters. The third kappa shape index (κ3) is 2.07. The van der Waals surface area contributed by atoms with Gasteiger partial charge in [-0.25, -0.2) is 4.98 Å². The van der Waals surface area contributed by atoms with Crippen LogP contribution in [0, 0.1) is 0 Å². The molecule has 0 saturated carbocycles. The van der Waals surface area contributed by atoms with Gasteiger partial charge in [0.15, 0.2) is 0 Å². The lowest BCUT2D eigenvalue weighted by molar-refractivity contribution is -0.585. The van der Waals surface area contributed by atoms with E-state index >= 15 is 0 Å². The summed E-state index contributed by atoms with van der Waals surface area (Å²) in [5, 5.41) is 15.4. The highest BCUT2D eigenvalue weighted by molar-refractivity contribution is 6.66. The summed E-state index contributed by atoms with van der Waals surface area (Å²) in [4.78, 5) is 3.59. The van der Waals surface area contributed by atoms with Gasteiger partial charge in [0.05, 0.1) is 5.88 Å². The summed E-state index contributed by atoms with van der Waals surface area (Å²) in [7, 11) is 0. The highest BCUT2D eigenvalue weighted by atomic mass is 35.6. The summed E-state index contributed by atoms with van der Waals surface area (Å²) in [6.45, 7) is 0. The van der Waals surface area contributed by atoms with Gasteiger partial charge in [-0.2, -0.15) is 0 Å². The Morgan fingerprint density at radius 3 is 2.67 bits per heavy atom. The van der Waals surface area contributed by atoms with Crippen LogP contribution in [0.15, 0.2) is 24.4 Å². The van der Waals surface area contributed by atoms with E-state index in [0.717, 1.165) is 0 Å². The van der Waals surface area contributed by atoms with Gasteiger partial charge >= 0.3 is 0 Å². The molecular weight excluding hydrogens is 260 g/mol. The molecule has 0 aliphatic carbocycles. The highest BCUT2D eigenvalue weighted by Crippen LogP contribution is 2.35. The SMILES string of the molecule is [O-]c1nc(C(Cl)(Cl)Cl)n[n+]2ccccc12. The zero-order valence-corrected chi connectivity index (χ0v) is 9.46. The van der Waals surface area contributed by atoms with Gasteiger partial charge in [0, 0.05) is 17.2 Å². The molecule has 0 radical (unpaired) electrons. The maximum atomic E-state index is 11.5. The number of alkyl halides is 3. The third-order valence-corrected chi connectivity index (χ3v) is 2.23. The van der Waals surface area contributed by atoms with E-state index in [2.05, 4.69) is 10.1 Å². The van der Waals surface area contributed by atoms with E-state index in [9.17, 15) is 5.11 Å². The Hall–Kier alpha value is -0.840.